The van der Waals surface area contributed by atoms with Crippen molar-refractivity contribution in [3.05, 3.63) is 23.8 Å². The summed E-state index contributed by atoms with van der Waals surface area (Å²) in [7, 11) is 0. The zero-order chi connectivity index (χ0) is 20.3. The molecule has 0 atom stereocenters. The molecule has 1 aliphatic heterocycles. The molecule has 1 N–H and O–H groups in total. The first-order chi connectivity index (χ1) is 13.3. The van der Waals surface area contributed by atoms with Crippen LogP contribution < -0.4 is 15.0 Å². The number of benzene rings is 1. The number of rotatable bonds is 5. The fourth-order valence-electron chi connectivity index (χ4n) is 3.72. The molecule has 0 aromatic heterocycles. The van der Waals surface area contributed by atoms with Crippen molar-refractivity contribution in [2.24, 2.45) is 0 Å². The lowest BCUT2D eigenvalue weighted by molar-refractivity contribution is -0.144. The average molecular weight is 388 g/mol. The van der Waals surface area contributed by atoms with E-state index in [0.717, 1.165) is 25.7 Å². The Bertz CT molecular complexity index is 768. The van der Waals surface area contributed by atoms with E-state index < -0.39 is 11.6 Å². The van der Waals surface area contributed by atoms with Gasteiger partial charge in [-0.1, -0.05) is 19.3 Å². The molecule has 0 unspecified atom stereocenters. The zero-order valence-corrected chi connectivity index (χ0v) is 16.7. The van der Waals surface area contributed by atoms with Crippen LogP contribution in [-0.4, -0.2) is 42.6 Å². The lowest BCUT2D eigenvalue weighted by atomic mass is 9.95. The highest BCUT2D eigenvalue weighted by atomic mass is 16.5. The second-order valence-corrected chi connectivity index (χ2v) is 7.80. The van der Waals surface area contributed by atoms with Crippen LogP contribution in [0.1, 0.15) is 63.2 Å². The van der Waals surface area contributed by atoms with Crippen molar-refractivity contribution in [3.63, 3.8) is 0 Å². The minimum absolute atomic E-state index is 0.178. The van der Waals surface area contributed by atoms with Gasteiger partial charge >= 0.3 is 5.97 Å². The van der Waals surface area contributed by atoms with Crippen LogP contribution in [0.3, 0.4) is 0 Å². The van der Waals surface area contributed by atoms with E-state index in [2.05, 4.69) is 5.32 Å². The molecular weight excluding hydrogens is 360 g/mol. The number of anilines is 1. The Labute approximate surface area is 165 Å². The highest BCUT2D eigenvalue weighted by Gasteiger charge is 2.42. The second-order valence-electron chi connectivity index (χ2n) is 7.80. The van der Waals surface area contributed by atoms with Crippen molar-refractivity contribution in [3.8, 4) is 5.75 Å². The predicted molar refractivity (Wildman–Crippen MR) is 104 cm³/mol. The van der Waals surface area contributed by atoms with Crippen LogP contribution in [-0.2, 0) is 14.3 Å². The van der Waals surface area contributed by atoms with Gasteiger partial charge in [-0.25, -0.2) is 0 Å². The lowest BCUT2D eigenvalue weighted by Crippen LogP contribution is -2.54. The van der Waals surface area contributed by atoms with Crippen LogP contribution in [0.15, 0.2) is 18.2 Å². The minimum Gasteiger partial charge on any atom is -0.476 e. The molecule has 1 saturated carbocycles. The van der Waals surface area contributed by atoms with E-state index >= 15 is 0 Å². The number of esters is 1. The van der Waals surface area contributed by atoms with Gasteiger partial charge in [0, 0.05) is 11.6 Å². The molecule has 0 radical (unpaired) electrons. The summed E-state index contributed by atoms with van der Waals surface area (Å²) in [6.45, 7) is 5.03. The summed E-state index contributed by atoms with van der Waals surface area (Å²) in [6, 6.07) is 5.16. The average Bonchev–Trinajstić information content (AvgIpc) is 2.66. The van der Waals surface area contributed by atoms with Gasteiger partial charge in [-0.3, -0.25) is 19.3 Å². The summed E-state index contributed by atoms with van der Waals surface area (Å²) in [5, 5.41) is 3.07. The molecule has 2 amide bonds. The Balaban J connectivity index is 1.86. The van der Waals surface area contributed by atoms with Crippen LogP contribution in [0, 0.1) is 0 Å². The van der Waals surface area contributed by atoms with Crippen LogP contribution in [0.2, 0.25) is 0 Å². The third-order valence-electron chi connectivity index (χ3n) is 5.17. The molecule has 1 fully saturated rings. The minimum atomic E-state index is -1.11. The molecule has 3 rings (SSSR count). The Kier molecular flexibility index (Phi) is 5.91. The number of carbonyl (C=O) groups is 3. The standard InChI is InChI=1S/C21H28N2O5/c1-4-27-18(24)13-23-16-12-14(19(25)22-15-8-6-5-7-9-15)10-11-17(16)28-21(2,3)20(23)26/h10-12,15H,4-9,13H2,1-3H3,(H,22,25). The first kappa shape index (κ1) is 20.2. The first-order valence-electron chi connectivity index (χ1n) is 9.93. The summed E-state index contributed by atoms with van der Waals surface area (Å²) in [4.78, 5) is 38.9. The quantitative estimate of drug-likeness (QED) is 0.784. The van der Waals surface area contributed by atoms with Crippen molar-refractivity contribution < 1.29 is 23.9 Å². The fraction of sp³-hybridized carbons (Fsp3) is 0.571. The van der Waals surface area contributed by atoms with E-state index in [4.69, 9.17) is 9.47 Å². The van der Waals surface area contributed by atoms with E-state index in [-0.39, 0.29) is 31.0 Å². The third kappa shape index (κ3) is 4.29. The second kappa shape index (κ2) is 8.20. The van der Waals surface area contributed by atoms with E-state index in [9.17, 15) is 14.4 Å². The van der Waals surface area contributed by atoms with Crippen molar-refractivity contribution >= 4 is 23.5 Å². The van der Waals surface area contributed by atoms with Crippen LogP contribution >= 0.6 is 0 Å². The first-order valence-corrected chi connectivity index (χ1v) is 9.93. The van der Waals surface area contributed by atoms with E-state index in [1.807, 2.05) is 0 Å². The molecule has 7 nitrogen and oxygen atoms in total. The molecule has 0 bridgehead atoms. The summed E-state index contributed by atoms with van der Waals surface area (Å²) in [5.41, 5.74) is -0.256. The number of fused-ring (bicyclic) bond motifs is 1. The van der Waals surface area contributed by atoms with E-state index in [1.165, 1.54) is 11.3 Å². The Hall–Kier alpha value is -2.57. The maximum absolute atomic E-state index is 12.8. The van der Waals surface area contributed by atoms with Crippen LogP contribution in [0.5, 0.6) is 5.75 Å². The van der Waals surface area contributed by atoms with Crippen molar-refractivity contribution in [2.45, 2.75) is 64.5 Å². The molecule has 7 heteroatoms. The zero-order valence-electron chi connectivity index (χ0n) is 16.7. The molecule has 0 spiro atoms. The maximum atomic E-state index is 12.8. The Morgan fingerprint density at radius 2 is 1.96 bits per heavy atom. The number of nitrogens with zero attached hydrogens (tertiary/aromatic N) is 1. The largest absolute Gasteiger partial charge is 0.476 e. The van der Waals surface area contributed by atoms with Gasteiger partial charge in [-0.2, -0.15) is 0 Å². The van der Waals surface area contributed by atoms with E-state index in [0.29, 0.717) is 17.0 Å². The van der Waals surface area contributed by atoms with E-state index in [1.54, 1.807) is 39.0 Å². The number of ether oxygens (including phenoxy) is 2. The highest BCUT2D eigenvalue weighted by molar-refractivity contribution is 6.06. The molecule has 28 heavy (non-hydrogen) atoms. The topological polar surface area (TPSA) is 84.9 Å². The smallest absolute Gasteiger partial charge is 0.326 e. The van der Waals surface area contributed by atoms with Crippen molar-refractivity contribution in [1.29, 1.82) is 0 Å². The normalized spacial score (nSPS) is 18.8. The number of amides is 2. The number of hydrogen-bond acceptors (Lipinski definition) is 5. The maximum Gasteiger partial charge on any atom is 0.326 e. The molecule has 1 aromatic rings. The van der Waals surface area contributed by atoms with Gasteiger partial charge in [0.1, 0.15) is 12.3 Å². The summed E-state index contributed by atoms with van der Waals surface area (Å²) in [5.74, 6) is -0.569. The number of nitrogens with one attached hydrogen (secondary N) is 1. The molecule has 152 valence electrons. The monoisotopic (exact) mass is 388 g/mol. The number of carbonyl (C=O) groups excluding carboxylic acids is 3. The predicted octanol–water partition coefficient (Wildman–Crippen LogP) is 2.82. The van der Waals surface area contributed by atoms with Crippen molar-refractivity contribution in [1.82, 2.24) is 5.32 Å². The van der Waals surface area contributed by atoms with Gasteiger partial charge in [0.05, 0.1) is 12.3 Å². The SMILES string of the molecule is CCOC(=O)CN1C(=O)C(C)(C)Oc2ccc(C(=O)NC3CCCCC3)cc21. The summed E-state index contributed by atoms with van der Waals surface area (Å²) in [6.07, 6.45) is 5.44. The molecule has 1 aromatic carbocycles. The molecule has 0 saturated heterocycles. The molecule has 2 aliphatic rings. The highest BCUT2D eigenvalue weighted by Crippen LogP contribution is 2.38. The lowest BCUT2D eigenvalue weighted by Gasteiger charge is -2.38. The van der Waals surface area contributed by atoms with Gasteiger partial charge in [-0.05, 0) is 51.8 Å². The summed E-state index contributed by atoms with van der Waals surface area (Å²) >= 11 is 0. The molecule has 1 aliphatic carbocycles. The summed E-state index contributed by atoms with van der Waals surface area (Å²) < 4.78 is 10.8. The Morgan fingerprint density at radius 1 is 1.25 bits per heavy atom. The van der Waals surface area contributed by atoms with Crippen molar-refractivity contribution in [2.75, 3.05) is 18.1 Å². The Morgan fingerprint density at radius 3 is 2.64 bits per heavy atom. The fourth-order valence-corrected chi connectivity index (χ4v) is 3.72. The van der Waals surface area contributed by atoms with Crippen LogP contribution in [0.25, 0.3) is 0 Å². The molecular formula is C21H28N2O5. The number of hydrogen-bond donors (Lipinski definition) is 1. The van der Waals surface area contributed by atoms with Gasteiger partial charge < -0.3 is 14.8 Å². The van der Waals surface area contributed by atoms with Gasteiger partial charge in [0.15, 0.2) is 5.60 Å². The van der Waals surface area contributed by atoms with Gasteiger partial charge in [-0.15, -0.1) is 0 Å². The van der Waals surface area contributed by atoms with Gasteiger partial charge in [0.2, 0.25) is 0 Å². The van der Waals surface area contributed by atoms with Crippen LogP contribution in [0.4, 0.5) is 5.69 Å². The van der Waals surface area contributed by atoms with Gasteiger partial charge in [0.25, 0.3) is 11.8 Å². The molecule has 1 heterocycles. The third-order valence-corrected chi connectivity index (χ3v) is 5.17.